The molecule has 2 aliphatic carbocycles. The summed E-state index contributed by atoms with van der Waals surface area (Å²) >= 11 is 9.94. The number of likely N-dealkylation sites (tertiary alicyclic amines) is 1. The predicted octanol–water partition coefficient (Wildman–Crippen LogP) is 6.62. The number of hydrogen-bond donors (Lipinski definition) is 2. The highest BCUT2D eigenvalue weighted by atomic mass is 79.9. The van der Waals surface area contributed by atoms with E-state index >= 15 is 4.79 Å². The number of ether oxygens (including phenoxy) is 1. The number of hydrogen-bond acceptors (Lipinski definition) is 7. The fourth-order valence-electron chi connectivity index (χ4n) is 9.07. The van der Waals surface area contributed by atoms with E-state index in [4.69, 9.17) is 21.4 Å². The zero-order valence-corrected chi connectivity index (χ0v) is 30.1. The first-order valence-electron chi connectivity index (χ1n) is 17.0. The fourth-order valence-corrected chi connectivity index (χ4v) is 9.71. The SMILES string of the molecule is COc1cc(Br)cc([C@H]2C3=CC[C@@H]4C(=O)N(CCCCCC(=O)O)C(=O)[C@@H]4[C@@H]3C[C@H]3C(=O)N(c4cccc(Cl)c4)C(=O)[C@@]23c2ccccc2)c1O. The number of carboxylic acid groups (broad SMARTS) is 1. The van der Waals surface area contributed by atoms with Crippen molar-refractivity contribution in [2.24, 2.45) is 23.7 Å². The minimum atomic E-state index is -1.55. The Morgan fingerprint density at radius 1 is 0.961 bits per heavy atom. The minimum absolute atomic E-state index is 0.0145. The van der Waals surface area contributed by atoms with Gasteiger partial charge in [0.2, 0.25) is 23.6 Å². The summed E-state index contributed by atoms with van der Waals surface area (Å²) in [6.45, 7) is 0.177. The molecule has 2 N–H and O–H groups in total. The number of nitrogens with zero attached hydrogens (tertiary/aromatic N) is 2. The van der Waals surface area contributed by atoms with Gasteiger partial charge in [-0.3, -0.25) is 28.9 Å². The number of phenolic OH excluding ortho intramolecular Hbond substituents is 1. The Morgan fingerprint density at radius 3 is 2.43 bits per heavy atom. The van der Waals surface area contributed by atoms with Crippen molar-refractivity contribution >= 4 is 62.8 Å². The highest BCUT2D eigenvalue weighted by Crippen LogP contribution is 2.65. The molecule has 4 aliphatic rings. The number of carbonyl (C=O) groups is 5. The number of methoxy groups -OCH3 is 1. The third kappa shape index (κ3) is 5.56. The van der Waals surface area contributed by atoms with Gasteiger partial charge in [0.05, 0.1) is 36.0 Å². The van der Waals surface area contributed by atoms with Crippen LogP contribution in [0.2, 0.25) is 5.02 Å². The van der Waals surface area contributed by atoms with Crippen LogP contribution in [0.15, 0.2) is 82.9 Å². The topological polar surface area (TPSA) is 142 Å². The molecule has 3 aromatic carbocycles. The summed E-state index contributed by atoms with van der Waals surface area (Å²) in [5, 5.41) is 21.2. The number of aromatic hydroxyl groups is 1. The molecule has 0 spiro atoms. The number of halogens is 2. The Hall–Kier alpha value is -4.48. The maximum atomic E-state index is 15.3. The first-order valence-corrected chi connectivity index (χ1v) is 18.2. The van der Waals surface area contributed by atoms with E-state index in [1.54, 1.807) is 36.4 Å². The molecule has 1 saturated carbocycles. The van der Waals surface area contributed by atoms with Crippen molar-refractivity contribution in [3.05, 3.63) is 99.0 Å². The third-order valence-electron chi connectivity index (χ3n) is 11.1. The van der Waals surface area contributed by atoms with E-state index in [1.165, 1.54) is 16.9 Å². The molecule has 7 rings (SSSR count). The van der Waals surface area contributed by atoms with E-state index in [-0.39, 0.29) is 49.1 Å². The monoisotopic (exact) mass is 774 g/mol. The number of allylic oxidation sites excluding steroid dienone is 2. The predicted molar refractivity (Wildman–Crippen MR) is 191 cm³/mol. The average Bonchev–Trinajstić information content (AvgIpc) is 3.49. The second-order valence-electron chi connectivity index (χ2n) is 13.7. The van der Waals surface area contributed by atoms with Crippen LogP contribution < -0.4 is 9.64 Å². The molecule has 0 unspecified atom stereocenters. The van der Waals surface area contributed by atoms with Gasteiger partial charge in [-0.05, 0) is 67.5 Å². The van der Waals surface area contributed by atoms with Crippen molar-refractivity contribution in [2.45, 2.75) is 49.9 Å². The molecule has 3 aromatic rings. The van der Waals surface area contributed by atoms with Crippen LogP contribution in [-0.2, 0) is 29.4 Å². The summed E-state index contributed by atoms with van der Waals surface area (Å²) in [4.78, 5) is 71.8. The van der Waals surface area contributed by atoms with E-state index in [0.29, 0.717) is 51.1 Å². The molecule has 0 aromatic heterocycles. The molecule has 2 heterocycles. The lowest BCUT2D eigenvalue weighted by Crippen LogP contribution is -2.53. The lowest BCUT2D eigenvalue weighted by molar-refractivity contribution is -0.141. The molecule has 4 amide bonds. The summed E-state index contributed by atoms with van der Waals surface area (Å²) in [5.74, 6) is -6.37. The number of aliphatic carboxylic acids is 1. The van der Waals surface area contributed by atoms with Crippen LogP contribution >= 0.6 is 27.5 Å². The standard InChI is InChI=1S/C39H36BrClN2O8/c1-51-30-18-22(40)17-28(34(30)46)33-25-14-15-26-32(37(49)42(35(26)47)16-7-3-6-13-31(44)45)27(25)20-29-36(48)43(24-12-8-11-23(41)19-24)38(50)39(29,33)21-9-4-2-5-10-21/h2,4-5,8-12,14,17-19,26-27,29,32-33,46H,3,6-7,13,15-16,20H2,1H3,(H,44,45)/t26-,27+,29-,32-,33+,39+/m0/s1. The van der Waals surface area contributed by atoms with Crippen LogP contribution in [0.4, 0.5) is 5.69 Å². The van der Waals surface area contributed by atoms with Crippen LogP contribution in [0.25, 0.3) is 0 Å². The lowest BCUT2D eigenvalue weighted by Gasteiger charge is -2.50. The molecular weight excluding hydrogens is 740 g/mol. The van der Waals surface area contributed by atoms with E-state index in [9.17, 15) is 24.3 Å². The number of fused-ring (bicyclic) bond motifs is 4. The Balaban J connectivity index is 1.40. The van der Waals surface area contributed by atoms with E-state index in [2.05, 4.69) is 15.9 Å². The Kier molecular flexibility index (Phi) is 9.30. The van der Waals surface area contributed by atoms with E-state index in [0.717, 1.165) is 0 Å². The van der Waals surface area contributed by atoms with Crippen molar-refractivity contribution in [1.82, 2.24) is 4.90 Å². The average molecular weight is 776 g/mol. The van der Waals surface area contributed by atoms with E-state index in [1.807, 2.05) is 36.4 Å². The summed E-state index contributed by atoms with van der Waals surface area (Å²) in [6.07, 6.45) is 3.79. The Morgan fingerprint density at radius 2 is 1.73 bits per heavy atom. The number of carboxylic acids is 1. The molecular formula is C39H36BrClN2O8. The van der Waals surface area contributed by atoms with Crippen LogP contribution in [0.5, 0.6) is 11.5 Å². The van der Waals surface area contributed by atoms with Crippen LogP contribution in [0.1, 0.15) is 55.6 Å². The quantitative estimate of drug-likeness (QED) is 0.133. The first kappa shape index (κ1) is 34.9. The zero-order chi connectivity index (χ0) is 36.2. The maximum absolute atomic E-state index is 15.3. The smallest absolute Gasteiger partial charge is 0.303 e. The lowest BCUT2D eigenvalue weighted by atomic mass is 9.49. The Bertz CT molecular complexity index is 1980. The number of amides is 4. The zero-order valence-electron chi connectivity index (χ0n) is 27.8. The largest absolute Gasteiger partial charge is 0.504 e. The van der Waals surface area contributed by atoms with E-state index < -0.39 is 52.8 Å². The second-order valence-corrected chi connectivity index (χ2v) is 15.0. The fraction of sp³-hybridized carbons (Fsp3) is 0.359. The Labute approximate surface area is 308 Å². The van der Waals surface area contributed by atoms with Gasteiger partial charge in [-0.25, -0.2) is 4.90 Å². The van der Waals surface area contributed by atoms with Gasteiger partial charge in [0.15, 0.2) is 11.5 Å². The van der Waals surface area contributed by atoms with Gasteiger partial charge in [-0.15, -0.1) is 0 Å². The highest BCUT2D eigenvalue weighted by molar-refractivity contribution is 9.10. The van der Waals surface area contributed by atoms with Crippen molar-refractivity contribution in [3.8, 4) is 11.5 Å². The number of unbranched alkanes of at least 4 members (excludes halogenated alkanes) is 2. The van der Waals surface area contributed by atoms with Gasteiger partial charge in [0.1, 0.15) is 0 Å². The summed E-state index contributed by atoms with van der Waals surface area (Å²) in [7, 11) is 1.43. The molecule has 2 saturated heterocycles. The molecule has 6 atom stereocenters. The van der Waals surface area contributed by atoms with Gasteiger partial charge in [0, 0.05) is 33.9 Å². The molecule has 0 radical (unpaired) electrons. The maximum Gasteiger partial charge on any atom is 0.303 e. The van der Waals surface area contributed by atoms with Crippen molar-refractivity contribution in [1.29, 1.82) is 0 Å². The molecule has 51 heavy (non-hydrogen) atoms. The second kappa shape index (κ2) is 13.6. The molecule has 12 heteroatoms. The summed E-state index contributed by atoms with van der Waals surface area (Å²) in [6, 6.07) is 19.0. The summed E-state index contributed by atoms with van der Waals surface area (Å²) < 4.78 is 6.14. The number of carbonyl (C=O) groups excluding carboxylic acids is 4. The third-order valence-corrected chi connectivity index (χ3v) is 11.8. The van der Waals surface area contributed by atoms with Crippen LogP contribution in [0, 0.1) is 23.7 Å². The van der Waals surface area contributed by atoms with Crippen molar-refractivity contribution in [3.63, 3.8) is 0 Å². The summed E-state index contributed by atoms with van der Waals surface area (Å²) in [5.41, 5.74) is 0.415. The highest BCUT2D eigenvalue weighted by Gasteiger charge is 2.70. The van der Waals surface area contributed by atoms with Crippen LogP contribution in [0.3, 0.4) is 0 Å². The number of rotatable bonds is 10. The van der Waals surface area contributed by atoms with Gasteiger partial charge in [-0.1, -0.05) is 82.0 Å². The van der Waals surface area contributed by atoms with Crippen molar-refractivity contribution in [2.75, 3.05) is 18.6 Å². The van der Waals surface area contributed by atoms with Gasteiger partial charge in [-0.2, -0.15) is 0 Å². The molecule has 264 valence electrons. The van der Waals surface area contributed by atoms with Gasteiger partial charge in [0.25, 0.3) is 0 Å². The molecule has 10 nitrogen and oxygen atoms in total. The van der Waals surface area contributed by atoms with Gasteiger partial charge >= 0.3 is 5.97 Å². The molecule has 2 aliphatic heterocycles. The molecule has 3 fully saturated rings. The first-order chi connectivity index (χ1) is 24.5. The van der Waals surface area contributed by atoms with Crippen LogP contribution in [-0.4, -0.2) is 58.4 Å². The minimum Gasteiger partial charge on any atom is -0.504 e. The molecule has 0 bridgehead atoms. The normalized spacial score (nSPS) is 26.9. The number of anilines is 1. The number of phenols is 1. The number of imide groups is 2. The van der Waals surface area contributed by atoms with Gasteiger partial charge < -0.3 is 14.9 Å². The number of benzene rings is 3. The van der Waals surface area contributed by atoms with Crippen molar-refractivity contribution < 1.29 is 38.9 Å².